The minimum Gasteiger partial charge on any atom is -0.479 e. The third-order valence-electron chi connectivity index (χ3n) is 2.08. The number of hydrogen-bond acceptors (Lipinski definition) is 5. The van der Waals surface area contributed by atoms with E-state index in [1.54, 1.807) is 0 Å². The summed E-state index contributed by atoms with van der Waals surface area (Å²) in [4.78, 5) is 22.8. The highest BCUT2D eigenvalue weighted by Crippen LogP contribution is 2.17. The van der Waals surface area contributed by atoms with Crippen molar-refractivity contribution in [2.75, 3.05) is 12.4 Å². The van der Waals surface area contributed by atoms with Crippen LogP contribution in [-0.2, 0) is 0 Å². The first-order chi connectivity index (χ1) is 8.70. The maximum absolute atomic E-state index is 13.3. The van der Waals surface area contributed by atoms with E-state index in [1.165, 1.54) is 32.0 Å². The standard InChI is InChI=1S/C11H9FN4O2/c1-18-11-9(12)2-8(5-15-11)16-10(17)7-3-13-6-14-4-7/h2-6H,1H3,(H,16,17). The number of halogens is 1. The normalized spacial score (nSPS) is 9.89. The molecule has 0 saturated carbocycles. The zero-order valence-electron chi connectivity index (χ0n) is 9.42. The van der Waals surface area contributed by atoms with E-state index in [-0.39, 0.29) is 17.1 Å². The summed E-state index contributed by atoms with van der Waals surface area (Å²) >= 11 is 0. The number of nitrogens with zero attached hydrogens (tertiary/aromatic N) is 3. The Bertz CT molecular complexity index is 562. The van der Waals surface area contributed by atoms with Crippen LogP contribution in [0.3, 0.4) is 0 Å². The Morgan fingerprint density at radius 2 is 2.06 bits per heavy atom. The molecule has 1 amide bonds. The highest BCUT2D eigenvalue weighted by atomic mass is 19.1. The molecule has 0 fully saturated rings. The fourth-order valence-electron chi connectivity index (χ4n) is 1.26. The summed E-state index contributed by atoms with van der Waals surface area (Å²) in [7, 11) is 1.31. The lowest BCUT2D eigenvalue weighted by Crippen LogP contribution is -2.13. The molecule has 0 bridgehead atoms. The fraction of sp³-hybridized carbons (Fsp3) is 0.0909. The van der Waals surface area contributed by atoms with Crippen LogP contribution in [0.1, 0.15) is 10.4 Å². The third kappa shape index (κ3) is 2.57. The summed E-state index contributed by atoms with van der Waals surface area (Å²) < 4.78 is 18.0. The van der Waals surface area contributed by atoms with Crippen LogP contribution in [0, 0.1) is 5.82 Å². The van der Waals surface area contributed by atoms with Crippen LogP contribution in [0.5, 0.6) is 5.88 Å². The summed E-state index contributed by atoms with van der Waals surface area (Å²) in [5.41, 5.74) is 0.496. The lowest BCUT2D eigenvalue weighted by Gasteiger charge is -2.06. The number of aromatic nitrogens is 3. The molecule has 0 saturated heterocycles. The Hall–Kier alpha value is -2.57. The molecule has 2 rings (SSSR count). The number of pyridine rings is 1. The van der Waals surface area contributed by atoms with Gasteiger partial charge in [0.2, 0.25) is 5.88 Å². The molecule has 0 spiro atoms. The van der Waals surface area contributed by atoms with Crippen molar-refractivity contribution in [1.82, 2.24) is 15.0 Å². The van der Waals surface area contributed by atoms with Crippen molar-refractivity contribution >= 4 is 11.6 Å². The van der Waals surface area contributed by atoms with Crippen LogP contribution in [0.2, 0.25) is 0 Å². The van der Waals surface area contributed by atoms with Gasteiger partial charge in [0.1, 0.15) is 6.33 Å². The van der Waals surface area contributed by atoms with Gasteiger partial charge in [-0.3, -0.25) is 4.79 Å². The number of rotatable bonds is 3. The lowest BCUT2D eigenvalue weighted by atomic mass is 10.3. The zero-order chi connectivity index (χ0) is 13.0. The van der Waals surface area contributed by atoms with Crippen molar-refractivity contribution in [2.24, 2.45) is 0 Å². The molecule has 18 heavy (non-hydrogen) atoms. The van der Waals surface area contributed by atoms with Gasteiger partial charge in [0, 0.05) is 18.5 Å². The maximum Gasteiger partial charge on any atom is 0.258 e. The summed E-state index contributed by atoms with van der Waals surface area (Å²) in [6.45, 7) is 0. The number of methoxy groups -OCH3 is 1. The highest BCUT2D eigenvalue weighted by molar-refractivity contribution is 6.03. The van der Waals surface area contributed by atoms with E-state index in [2.05, 4.69) is 25.0 Å². The number of carbonyl (C=O) groups is 1. The maximum atomic E-state index is 13.3. The SMILES string of the molecule is COc1ncc(NC(=O)c2cncnc2)cc1F. The summed E-state index contributed by atoms with van der Waals surface area (Å²) in [6, 6.07) is 1.12. The number of anilines is 1. The van der Waals surface area contributed by atoms with Crippen LogP contribution < -0.4 is 10.1 Å². The van der Waals surface area contributed by atoms with Crippen molar-refractivity contribution in [1.29, 1.82) is 0 Å². The van der Waals surface area contributed by atoms with E-state index in [1.807, 2.05) is 0 Å². The first-order valence-electron chi connectivity index (χ1n) is 4.96. The monoisotopic (exact) mass is 248 g/mol. The van der Waals surface area contributed by atoms with Crippen LogP contribution in [0.25, 0.3) is 0 Å². The summed E-state index contributed by atoms with van der Waals surface area (Å²) in [5, 5.41) is 2.47. The van der Waals surface area contributed by atoms with E-state index in [0.717, 1.165) is 6.07 Å². The molecule has 0 aliphatic carbocycles. The first-order valence-corrected chi connectivity index (χ1v) is 4.96. The molecule has 92 valence electrons. The highest BCUT2D eigenvalue weighted by Gasteiger charge is 2.09. The molecule has 2 aromatic heterocycles. The lowest BCUT2D eigenvalue weighted by molar-refractivity contribution is 0.102. The van der Waals surface area contributed by atoms with Crippen LogP contribution in [0.15, 0.2) is 31.0 Å². The second-order valence-corrected chi connectivity index (χ2v) is 3.30. The Labute approximate surface area is 102 Å². The second-order valence-electron chi connectivity index (χ2n) is 3.30. The number of carbonyl (C=O) groups excluding carboxylic acids is 1. The molecule has 7 heteroatoms. The van der Waals surface area contributed by atoms with Gasteiger partial charge in [-0.05, 0) is 0 Å². The molecular formula is C11H9FN4O2. The van der Waals surface area contributed by atoms with E-state index in [0.29, 0.717) is 0 Å². The zero-order valence-corrected chi connectivity index (χ0v) is 9.42. The second kappa shape index (κ2) is 5.17. The van der Waals surface area contributed by atoms with Gasteiger partial charge in [-0.15, -0.1) is 0 Å². The predicted octanol–water partition coefficient (Wildman–Crippen LogP) is 1.27. The number of nitrogens with one attached hydrogen (secondary N) is 1. The van der Waals surface area contributed by atoms with Crippen molar-refractivity contribution in [3.8, 4) is 5.88 Å². The fourth-order valence-corrected chi connectivity index (χ4v) is 1.26. The smallest absolute Gasteiger partial charge is 0.258 e. The molecule has 2 heterocycles. The van der Waals surface area contributed by atoms with Gasteiger partial charge in [-0.25, -0.2) is 19.3 Å². The van der Waals surface area contributed by atoms with Crippen molar-refractivity contribution in [3.63, 3.8) is 0 Å². The van der Waals surface area contributed by atoms with E-state index in [4.69, 9.17) is 0 Å². The van der Waals surface area contributed by atoms with E-state index in [9.17, 15) is 9.18 Å². The molecule has 0 unspecified atom stereocenters. The predicted molar refractivity (Wildman–Crippen MR) is 60.7 cm³/mol. The molecule has 6 nitrogen and oxygen atoms in total. The number of amides is 1. The van der Waals surface area contributed by atoms with Crippen molar-refractivity contribution < 1.29 is 13.9 Å². The molecule has 1 N–H and O–H groups in total. The quantitative estimate of drug-likeness (QED) is 0.885. The average molecular weight is 248 g/mol. The first kappa shape index (κ1) is 11.9. The van der Waals surface area contributed by atoms with Gasteiger partial charge >= 0.3 is 0 Å². The van der Waals surface area contributed by atoms with E-state index < -0.39 is 11.7 Å². The summed E-state index contributed by atoms with van der Waals surface area (Å²) in [6.07, 6.45) is 5.32. The molecule has 0 aliphatic heterocycles. The summed E-state index contributed by atoms with van der Waals surface area (Å²) in [5.74, 6) is -1.22. The van der Waals surface area contributed by atoms with Crippen LogP contribution in [0.4, 0.5) is 10.1 Å². The number of hydrogen-bond donors (Lipinski definition) is 1. The molecule has 0 aliphatic rings. The van der Waals surface area contributed by atoms with Gasteiger partial charge in [0.15, 0.2) is 5.82 Å². The Kier molecular flexibility index (Phi) is 3.42. The van der Waals surface area contributed by atoms with Gasteiger partial charge in [-0.2, -0.15) is 0 Å². The Morgan fingerprint density at radius 1 is 1.33 bits per heavy atom. The average Bonchev–Trinajstić information content (AvgIpc) is 2.40. The van der Waals surface area contributed by atoms with E-state index >= 15 is 0 Å². The molecule has 0 atom stereocenters. The minimum atomic E-state index is -0.653. The van der Waals surface area contributed by atoms with Gasteiger partial charge in [0.25, 0.3) is 5.91 Å². The number of ether oxygens (including phenoxy) is 1. The third-order valence-corrected chi connectivity index (χ3v) is 2.08. The topological polar surface area (TPSA) is 77.0 Å². The Morgan fingerprint density at radius 3 is 2.67 bits per heavy atom. The van der Waals surface area contributed by atoms with Gasteiger partial charge in [0.05, 0.1) is 24.6 Å². The van der Waals surface area contributed by atoms with Gasteiger partial charge < -0.3 is 10.1 Å². The largest absolute Gasteiger partial charge is 0.479 e. The van der Waals surface area contributed by atoms with Crippen LogP contribution in [-0.4, -0.2) is 28.0 Å². The molecule has 0 radical (unpaired) electrons. The Balaban J connectivity index is 2.15. The van der Waals surface area contributed by atoms with Crippen molar-refractivity contribution in [3.05, 3.63) is 42.4 Å². The molecule has 0 aromatic carbocycles. The molecule has 2 aromatic rings. The molecular weight excluding hydrogens is 239 g/mol. The van der Waals surface area contributed by atoms with Gasteiger partial charge in [-0.1, -0.05) is 0 Å². The van der Waals surface area contributed by atoms with Crippen molar-refractivity contribution in [2.45, 2.75) is 0 Å². The van der Waals surface area contributed by atoms with Crippen LogP contribution >= 0.6 is 0 Å². The minimum absolute atomic E-state index is 0.129.